The van der Waals surface area contributed by atoms with Gasteiger partial charge in [-0.3, -0.25) is 4.79 Å². The van der Waals surface area contributed by atoms with Gasteiger partial charge >= 0.3 is 0 Å². The van der Waals surface area contributed by atoms with Crippen molar-refractivity contribution in [2.75, 3.05) is 0 Å². The quantitative estimate of drug-likeness (QED) is 0.600. The zero-order valence-electron chi connectivity index (χ0n) is 5.83. The third-order valence-electron chi connectivity index (χ3n) is 2.42. The molecule has 0 heterocycles. The molecule has 5 heteroatoms. The van der Waals surface area contributed by atoms with Gasteiger partial charge in [0, 0.05) is 0 Å². The number of hydrogen-bond acceptors (Lipinski definition) is 1. The Labute approximate surface area is 89.6 Å². The maximum atomic E-state index is 11.6. The first kappa shape index (κ1) is 9.14. The largest absolute Gasteiger partial charge is 0.295 e. The molecule has 0 aliphatic heterocycles. The van der Waals surface area contributed by atoms with Crippen LogP contribution in [0.5, 0.6) is 0 Å². The Bertz CT molecular complexity index is 283. The van der Waals surface area contributed by atoms with E-state index < -0.39 is 9.75 Å². The molecule has 2 rings (SSSR count). The molecule has 0 aromatic heterocycles. The molecule has 2 aliphatic rings. The summed E-state index contributed by atoms with van der Waals surface area (Å²) in [7, 11) is 0. The van der Waals surface area contributed by atoms with Gasteiger partial charge in [0.1, 0.15) is 9.75 Å². The van der Waals surface area contributed by atoms with Crippen LogP contribution < -0.4 is 0 Å². The van der Waals surface area contributed by atoms with Crippen LogP contribution >= 0.6 is 46.4 Å². The van der Waals surface area contributed by atoms with Gasteiger partial charge in [0.2, 0.25) is 0 Å². The molecule has 0 aromatic carbocycles. The van der Waals surface area contributed by atoms with Crippen LogP contribution in [-0.4, -0.2) is 15.5 Å². The number of Topliss-reactive ketones (excluding diaryl/α,β-unsaturated/α-hetero) is 1. The van der Waals surface area contributed by atoms with Crippen LogP contribution in [-0.2, 0) is 4.79 Å². The molecule has 2 atom stereocenters. The lowest BCUT2D eigenvalue weighted by atomic mass is 10.1. The maximum Gasteiger partial charge on any atom is 0.185 e. The van der Waals surface area contributed by atoms with E-state index in [1.807, 2.05) is 0 Å². The van der Waals surface area contributed by atoms with Gasteiger partial charge in [-0.1, -0.05) is 23.2 Å². The van der Waals surface area contributed by atoms with Crippen molar-refractivity contribution in [3.63, 3.8) is 0 Å². The van der Waals surface area contributed by atoms with E-state index in [1.54, 1.807) is 0 Å². The summed E-state index contributed by atoms with van der Waals surface area (Å²) in [6.45, 7) is 0. The van der Waals surface area contributed by atoms with Gasteiger partial charge in [-0.25, -0.2) is 0 Å². The van der Waals surface area contributed by atoms with E-state index >= 15 is 0 Å². The first-order chi connectivity index (χ1) is 5.43. The summed E-state index contributed by atoms with van der Waals surface area (Å²) < 4.78 is 0. The van der Waals surface area contributed by atoms with Crippen molar-refractivity contribution in [2.45, 2.75) is 22.6 Å². The molecule has 2 unspecified atom stereocenters. The van der Waals surface area contributed by atoms with Crippen molar-refractivity contribution in [3.8, 4) is 0 Å². The highest BCUT2D eigenvalue weighted by Gasteiger charge is 2.65. The van der Waals surface area contributed by atoms with Crippen molar-refractivity contribution in [1.29, 1.82) is 0 Å². The van der Waals surface area contributed by atoms with Gasteiger partial charge in [0.15, 0.2) is 5.78 Å². The number of halogens is 4. The molecule has 1 nitrogen and oxygen atoms in total. The molecule has 1 saturated carbocycles. The van der Waals surface area contributed by atoms with Gasteiger partial charge in [-0.05, 0) is 12.8 Å². The minimum absolute atomic E-state index is 0.206. The second-order valence-corrected chi connectivity index (χ2v) is 5.11. The Balaban J connectivity index is 2.66. The van der Waals surface area contributed by atoms with Crippen LogP contribution in [0.4, 0.5) is 0 Å². The number of ketones is 1. The fourth-order valence-electron chi connectivity index (χ4n) is 1.65. The monoisotopic (exact) mass is 244 g/mol. The number of fused-ring (bicyclic) bond motifs is 2. The number of rotatable bonds is 0. The molecule has 0 saturated heterocycles. The van der Waals surface area contributed by atoms with Crippen LogP contribution in [0, 0.1) is 0 Å². The number of carbonyl (C=O) groups is 1. The summed E-state index contributed by atoms with van der Waals surface area (Å²) in [5.41, 5.74) is 0. The second kappa shape index (κ2) is 2.33. The Hall–Kier alpha value is 0.570. The molecule has 66 valence electrons. The molecule has 2 aliphatic carbocycles. The van der Waals surface area contributed by atoms with Gasteiger partial charge in [0.25, 0.3) is 0 Å². The summed E-state index contributed by atoms with van der Waals surface area (Å²) in [5.74, 6) is -0.270. The predicted molar refractivity (Wildman–Crippen MR) is 50.1 cm³/mol. The molecule has 0 spiro atoms. The topological polar surface area (TPSA) is 17.1 Å². The summed E-state index contributed by atoms with van der Waals surface area (Å²) in [5, 5.41) is 0.411. The van der Waals surface area contributed by atoms with Crippen LogP contribution in [0.25, 0.3) is 0 Å². The molecule has 0 radical (unpaired) electrons. The second-order valence-electron chi connectivity index (χ2n) is 3.06. The highest BCUT2D eigenvalue weighted by Crippen LogP contribution is 2.60. The highest BCUT2D eigenvalue weighted by molar-refractivity contribution is 6.62. The van der Waals surface area contributed by atoms with Crippen LogP contribution in [0.2, 0.25) is 0 Å². The van der Waals surface area contributed by atoms with E-state index in [-0.39, 0.29) is 15.8 Å². The van der Waals surface area contributed by atoms with Crippen molar-refractivity contribution in [1.82, 2.24) is 0 Å². The Kier molecular flexibility index (Phi) is 1.77. The normalized spacial score (nSPS) is 46.2. The van der Waals surface area contributed by atoms with Crippen LogP contribution in [0.15, 0.2) is 10.1 Å². The summed E-state index contributed by atoms with van der Waals surface area (Å²) >= 11 is 23.5. The van der Waals surface area contributed by atoms with Crippen LogP contribution in [0.1, 0.15) is 12.8 Å². The van der Waals surface area contributed by atoms with E-state index in [2.05, 4.69) is 0 Å². The van der Waals surface area contributed by atoms with Gasteiger partial charge < -0.3 is 0 Å². The zero-order valence-corrected chi connectivity index (χ0v) is 8.86. The molecular formula is C7H4Cl4O. The van der Waals surface area contributed by atoms with E-state index in [1.165, 1.54) is 0 Å². The standard InChI is InChI=1S/C7H4Cl4O/c8-3-4(9)7(11)2-1-6(3,10)5(7)12/h1-2H2. The summed E-state index contributed by atoms with van der Waals surface area (Å²) in [6.07, 6.45) is 0.956. The SMILES string of the molecule is O=C1C2(Cl)CCC1(Cl)C(Cl)=C2Cl. The average molecular weight is 246 g/mol. The van der Waals surface area contributed by atoms with E-state index in [0.717, 1.165) is 0 Å². The number of allylic oxidation sites excluding steroid dienone is 2. The van der Waals surface area contributed by atoms with E-state index in [9.17, 15) is 4.79 Å². The predicted octanol–water partition coefficient (Wildman–Crippen LogP) is 3.01. The minimum atomic E-state index is -1.12. The first-order valence-electron chi connectivity index (χ1n) is 3.42. The van der Waals surface area contributed by atoms with Crippen molar-refractivity contribution in [3.05, 3.63) is 10.1 Å². The molecule has 0 aromatic rings. The highest BCUT2D eigenvalue weighted by atomic mass is 35.5. The Morgan fingerprint density at radius 2 is 1.33 bits per heavy atom. The lowest BCUT2D eigenvalue weighted by Crippen LogP contribution is -2.30. The zero-order chi connectivity index (χ0) is 9.15. The summed E-state index contributed by atoms with van der Waals surface area (Å²) in [4.78, 5) is 9.31. The number of hydrogen-bond donors (Lipinski definition) is 0. The molecule has 1 fully saturated rings. The molecule has 0 amide bonds. The van der Waals surface area contributed by atoms with Crippen molar-refractivity contribution in [2.24, 2.45) is 0 Å². The Morgan fingerprint density at radius 3 is 1.50 bits per heavy atom. The third-order valence-corrected chi connectivity index (χ3v) is 4.83. The molecular weight excluding hydrogens is 242 g/mol. The van der Waals surface area contributed by atoms with Gasteiger partial charge in [0.05, 0.1) is 10.1 Å². The fourth-order valence-corrected chi connectivity index (χ4v) is 3.18. The van der Waals surface area contributed by atoms with E-state index in [0.29, 0.717) is 12.8 Å². The van der Waals surface area contributed by atoms with Crippen LogP contribution in [0.3, 0.4) is 0 Å². The fraction of sp³-hybridized carbons (Fsp3) is 0.571. The average Bonchev–Trinajstić information content (AvgIpc) is 2.33. The lowest BCUT2D eigenvalue weighted by molar-refractivity contribution is -0.119. The van der Waals surface area contributed by atoms with Crippen molar-refractivity contribution < 1.29 is 4.79 Å². The van der Waals surface area contributed by atoms with Gasteiger partial charge in [-0.2, -0.15) is 0 Å². The number of alkyl halides is 2. The third kappa shape index (κ3) is 0.765. The lowest BCUT2D eigenvalue weighted by Gasteiger charge is -2.17. The molecule has 12 heavy (non-hydrogen) atoms. The number of carbonyl (C=O) groups excluding carboxylic acids is 1. The first-order valence-corrected chi connectivity index (χ1v) is 4.93. The molecule has 2 bridgehead atoms. The van der Waals surface area contributed by atoms with Gasteiger partial charge in [-0.15, -0.1) is 23.2 Å². The maximum absolute atomic E-state index is 11.6. The smallest absolute Gasteiger partial charge is 0.185 e. The molecule has 0 N–H and O–H groups in total. The summed E-state index contributed by atoms with van der Waals surface area (Å²) in [6, 6.07) is 0. The van der Waals surface area contributed by atoms with Crippen molar-refractivity contribution >= 4 is 52.2 Å². The van der Waals surface area contributed by atoms with E-state index in [4.69, 9.17) is 46.4 Å². The Morgan fingerprint density at radius 1 is 1.00 bits per heavy atom. The minimum Gasteiger partial charge on any atom is -0.295 e.